The molecule has 1 atom stereocenters. The summed E-state index contributed by atoms with van der Waals surface area (Å²) in [4.78, 5) is 16.6. The third-order valence-corrected chi connectivity index (χ3v) is 6.34. The van der Waals surface area contributed by atoms with E-state index in [1.807, 2.05) is 43.3 Å². The Hall–Kier alpha value is -3.00. The summed E-state index contributed by atoms with van der Waals surface area (Å²) in [5.74, 6) is -1.26. The molecule has 0 spiro atoms. The van der Waals surface area contributed by atoms with E-state index in [-0.39, 0.29) is 18.2 Å². The molecule has 1 aliphatic heterocycles. The number of hydrogen-bond donors (Lipinski definition) is 1. The van der Waals surface area contributed by atoms with Crippen LogP contribution in [-0.2, 0) is 11.3 Å². The lowest BCUT2D eigenvalue weighted by molar-refractivity contribution is 0.00376. The van der Waals surface area contributed by atoms with Gasteiger partial charge in [-0.25, -0.2) is 13.6 Å². The molecular weight excluding hydrogens is 472 g/mol. The van der Waals surface area contributed by atoms with Crippen LogP contribution in [0.25, 0.3) is 0 Å². The first-order valence-electron chi connectivity index (χ1n) is 11.5. The van der Waals surface area contributed by atoms with Gasteiger partial charge in [0.2, 0.25) is 0 Å². The Kier molecular flexibility index (Phi) is 8.33. The van der Waals surface area contributed by atoms with Crippen molar-refractivity contribution in [2.45, 2.75) is 19.6 Å². The van der Waals surface area contributed by atoms with Crippen LogP contribution >= 0.6 is 11.6 Å². The molecule has 8 heteroatoms. The van der Waals surface area contributed by atoms with E-state index in [1.165, 1.54) is 18.2 Å². The third kappa shape index (κ3) is 6.78. The summed E-state index contributed by atoms with van der Waals surface area (Å²) in [7, 11) is 0. The number of piperazine rings is 1. The molecule has 1 fully saturated rings. The van der Waals surface area contributed by atoms with Crippen LogP contribution in [0.15, 0.2) is 66.7 Å². The smallest absolute Gasteiger partial charge is 0.321 e. The Bertz CT molecular complexity index is 1130. The summed E-state index contributed by atoms with van der Waals surface area (Å²) >= 11 is 6.04. The fourth-order valence-corrected chi connectivity index (χ4v) is 4.21. The standard InChI is InChI=1S/C27H28ClF2N3O2/c1-19-4-2-5-22(16-19)31-27(34)33-14-12-32(13-15-33)17-26(20-8-10-21(28)11-9-20)35-18-23-24(29)6-3-7-25(23)30/h2-11,16,26H,12-15,17-18H2,1H3,(H,31,34)/t26-/m1/s1. The average Bonchev–Trinajstić information content (AvgIpc) is 2.84. The van der Waals surface area contributed by atoms with Gasteiger partial charge in [-0.1, -0.05) is 41.9 Å². The van der Waals surface area contributed by atoms with Gasteiger partial charge in [-0.2, -0.15) is 0 Å². The van der Waals surface area contributed by atoms with E-state index in [0.717, 1.165) is 16.8 Å². The molecule has 184 valence electrons. The highest BCUT2D eigenvalue weighted by Crippen LogP contribution is 2.25. The number of aryl methyl sites for hydroxylation is 1. The molecule has 0 aromatic heterocycles. The molecule has 1 N–H and O–H groups in total. The van der Waals surface area contributed by atoms with Gasteiger partial charge in [-0.05, 0) is 54.4 Å². The van der Waals surface area contributed by atoms with Crippen molar-refractivity contribution in [3.8, 4) is 0 Å². The largest absolute Gasteiger partial charge is 0.367 e. The van der Waals surface area contributed by atoms with E-state index in [2.05, 4.69) is 10.2 Å². The number of ether oxygens (including phenoxy) is 1. The number of halogens is 3. The zero-order valence-electron chi connectivity index (χ0n) is 19.5. The third-order valence-electron chi connectivity index (χ3n) is 6.09. The molecule has 2 amide bonds. The molecule has 1 aliphatic rings. The fraction of sp³-hybridized carbons (Fsp3) is 0.296. The molecule has 0 aliphatic carbocycles. The quantitative estimate of drug-likeness (QED) is 0.431. The van der Waals surface area contributed by atoms with E-state index in [9.17, 15) is 13.6 Å². The second kappa shape index (κ2) is 11.6. The highest BCUT2D eigenvalue weighted by atomic mass is 35.5. The van der Waals surface area contributed by atoms with Crippen molar-refractivity contribution >= 4 is 23.3 Å². The number of hydrogen-bond acceptors (Lipinski definition) is 3. The van der Waals surface area contributed by atoms with Crippen LogP contribution < -0.4 is 5.32 Å². The monoisotopic (exact) mass is 499 g/mol. The van der Waals surface area contributed by atoms with E-state index in [0.29, 0.717) is 37.7 Å². The minimum absolute atomic E-state index is 0.0934. The fourth-order valence-electron chi connectivity index (χ4n) is 4.08. The molecule has 3 aromatic carbocycles. The van der Waals surface area contributed by atoms with Crippen molar-refractivity contribution in [2.75, 3.05) is 38.0 Å². The van der Waals surface area contributed by atoms with Crippen LogP contribution in [0.1, 0.15) is 22.8 Å². The predicted molar refractivity (Wildman–Crippen MR) is 134 cm³/mol. The molecule has 0 saturated carbocycles. The van der Waals surface area contributed by atoms with Crippen LogP contribution in [0.4, 0.5) is 19.3 Å². The van der Waals surface area contributed by atoms with Crippen LogP contribution in [0, 0.1) is 18.6 Å². The Labute approximate surface area is 209 Å². The first-order chi connectivity index (χ1) is 16.9. The van der Waals surface area contributed by atoms with Crippen LogP contribution in [0.5, 0.6) is 0 Å². The highest BCUT2D eigenvalue weighted by molar-refractivity contribution is 6.30. The summed E-state index contributed by atoms with van der Waals surface area (Å²) < 4.78 is 34.3. The van der Waals surface area contributed by atoms with Crippen molar-refractivity contribution in [1.82, 2.24) is 9.80 Å². The highest BCUT2D eigenvalue weighted by Gasteiger charge is 2.25. The van der Waals surface area contributed by atoms with Crippen LogP contribution in [-0.4, -0.2) is 48.6 Å². The topological polar surface area (TPSA) is 44.8 Å². The average molecular weight is 500 g/mol. The van der Waals surface area contributed by atoms with Crippen molar-refractivity contribution in [2.24, 2.45) is 0 Å². The summed E-state index contributed by atoms with van der Waals surface area (Å²) in [6.07, 6.45) is -0.418. The van der Waals surface area contributed by atoms with Gasteiger partial charge < -0.3 is 15.0 Å². The van der Waals surface area contributed by atoms with Gasteiger partial charge in [0, 0.05) is 49.0 Å². The second-order valence-corrected chi connectivity index (χ2v) is 9.08. The molecule has 1 heterocycles. The zero-order valence-corrected chi connectivity index (χ0v) is 20.3. The molecule has 1 saturated heterocycles. The lowest BCUT2D eigenvalue weighted by Crippen LogP contribution is -2.50. The molecule has 0 unspecified atom stereocenters. The number of benzene rings is 3. The normalized spacial score (nSPS) is 15.1. The number of carbonyl (C=O) groups excluding carboxylic acids is 1. The minimum atomic E-state index is -0.631. The van der Waals surface area contributed by atoms with Crippen LogP contribution in [0.3, 0.4) is 0 Å². The van der Waals surface area contributed by atoms with E-state index in [1.54, 1.807) is 17.0 Å². The number of carbonyl (C=O) groups is 1. The zero-order chi connectivity index (χ0) is 24.8. The first kappa shape index (κ1) is 25.1. The number of amides is 2. The summed E-state index contributed by atoms with van der Waals surface area (Å²) in [6.45, 7) is 4.75. The van der Waals surface area contributed by atoms with Crippen LogP contribution in [0.2, 0.25) is 5.02 Å². The molecule has 5 nitrogen and oxygen atoms in total. The predicted octanol–water partition coefficient (Wildman–Crippen LogP) is 6.03. The molecule has 0 radical (unpaired) electrons. The lowest BCUT2D eigenvalue weighted by atomic mass is 10.1. The first-order valence-corrected chi connectivity index (χ1v) is 11.9. The van der Waals surface area contributed by atoms with Crippen molar-refractivity contribution in [3.63, 3.8) is 0 Å². The minimum Gasteiger partial charge on any atom is -0.367 e. The van der Waals surface area contributed by atoms with Gasteiger partial charge in [0.15, 0.2) is 0 Å². The molecular formula is C27H28ClF2N3O2. The molecule has 4 rings (SSSR count). The molecule has 3 aromatic rings. The number of nitrogens with zero attached hydrogens (tertiary/aromatic N) is 2. The molecule has 0 bridgehead atoms. The van der Waals surface area contributed by atoms with Crippen molar-refractivity contribution in [3.05, 3.63) is 100 Å². The Balaban J connectivity index is 1.37. The molecule has 35 heavy (non-hydrogen) atoms. The second-order valence-electron chi connectivity index (χ2n) is 8.64. The number of urea groups is 1. The van der Waals surface area contributed by atoms with Crippen molar-refractivity contribution in [1.29, 1.82) is 0 Å². The van der Waals surface area contributed by atoms with Crippen molar-refractivity contribution < 1.29 is 18.3 Å². The van der Waals surface area contributed by atoms with Gasteiger partial charge in [0.1, 0.15) is 11.6 Å². The van der Waals surface area contributed by atoms with Gasteiger partial charge in [-0.3, -0.25) is 4.90 Å². The number of rotatable bonds is 7. The van der Waals surface area contributed by atoms with Gasteiger partial charge in [-0.15, -0.1) is 0 Å². The number of nitrogens with one attached hydrogen (secondary N) is 1. The number of anilines is 1. The lowest BCUT2D eigenvalue weighted by Gasteiger charge is -2.36. The van der Waals surface area contributed by atoms with E-state index in [4.69, 9.17) is 16.3 Å². The van der Waals surface area contributed by atoms with Gasteiger partial charge in [0.05, 0.1) is 12.7 Å². The Morgan fingerprint density at radius 1 is 1.00 bits per heavy atom. The summed E-state index contributed by atoms with van der Waals surface area (Å²) in [5.41, 5.74) is 2.63. The maximum absolute atomic E-state index is 14.1. The Morgan fingerprint density at radius 2 is 1.66 bits per heavy atom. The maximum Gasteiger partial charge on any atom is 0.321 e. The SMILES string of the molecule is Cc1cccc(NC(=O)N2CCN(C[C@@H](OCc3c(F)cccc3F)c3ccc(Cl)cc3)CC2)c1. The van der Waals surface area contributed by atoms with E-state index >= 15 is 0 Å². The van der Waals surface area contributed by atoms with Gasteiger partial charge in [0.25, 0.3) is 0 Å². The van der Waals surface area contributed by atoms with E-state index < -0.39 is 17.7 Å². The Morgan fingerprint density at radius 3 is 2.31 bits per heavy atom. The maximum atomic E-state index is 14.1. The summed E-state index contributed by atoms with van der Waals surface area (Å²) in [6, 6.07) is 18.6. The summed E-state index contributed by atoms with van der Waals surface area (Å²) in [5, 5.41) is 3.55. The van der Waals surface area contributed by atoms with Gasteiger partial charge >= 0.3 is 6.03 Å².